The molecule has 1 N–H and O–H groups in total. The molecule has 0 bridgehead atoms. The standard InChI is InChI=1S/C30H21Cl2F8NO2/c31-24-8-3-9-26(27(24)32)43-23-7-2-6-22(15-23)41(17-25(42)19-10-12-20(13-11-19)29(35,36)37)16-18-4-1-5-21(14-18)28(33,34)30(38,39)40/h1-15,25,42H,16-17H2. The monoisotopic (exact) mass is 649 g/mol. The van der Waals surface area contributed by atoms with Crippen LogP contribution in [0, 0.1) is 0 Å². The number of hydrogen-bond acceptors (Lipinski definition) is 3. The highest BCUT2D eigenvalue weighted by atomic mass is 35.5. The highest BCUT2D eigenvalue weighted by Crippen LogP contribution is 2.44. The minimum Gasteiger partial charge on any atom is -0.456 e. The minimum atomic E-state index is -5.82. The first-order chi connectivity index (χ1) is 20.1. The fraction of sp³-hybridized carbons (Fsp3) is 0.200. The smallest absolute Gasteiger partial charge is 0.456 e. The first-order valence-electron chi connectivity index (χ1n) is 12.4. The molecule has 0 aliphatic rings. The van der Waals surface area contributed by atoms with E-state index in [0.717, 1.165) is 30.3 Å². The van der Waals surface area contributed by atoms with E-state index >= 15 is 0 Å². The third-order valence-electron chi connectivity index (χ3n) is 6.36. The maximum Gasteiger partial charge on any atom is 0.458 e. The minimum absolute atomic E-state index is 0.0465. The van der Waals surface area contributed by atoms with Crippen LogP contribution in [0.25, 0.3) is 0 Å². The van der Waals surface area contributed by atoms with Crippen molar-refractivity contribution in [3.63, 3.8) is 0 Å². The molecule has 43 heavy (non-hydrogen) atoms. The Kier molecular flexibility index (Phi) is 9.48. The second-order valence-corrected chi connectivity index (χ2v) is 10.2. The van der Waals surface area contributed by atoms with Crippen LogP contribution in [-0.4, -0.2) is 17.8 Å². The van der Waals surface area contributed by atoms with Gasteiger partial charge in [-0.3, -0.25) is 0 Å². The summed E-state index contributed by atoms with van der Waals surface area (Å²) in [7, 11) is 0. The van der Waals surface area contributed by atoms with E-state index in [1.165, 1.54) is 17.0 Å². The quantitative estimate of drug-likeness (QED) is 0.183. The van der Waals surface area contributed by atoms with Crippen molar-refractivity contribution in [2.75, 3.05) is 11.4 Å². The molecule has 0 heterocycles. The Bertz CT molecular complexity index is 1560. The van der Waals surface area contributed by atoms with Gasteiger partial charge >= 0.3 is 18.3 Å². The SMILES string of the molecule is OC(CN(Cc1cccc(C(F)(F)C(F)(F)F)c1)c1cccc(Oc2cccc(Cl)c2Cl)c1)c1ccc(C(F)(F)F)cc1. The molecule has 4 aromatic carbocycles. The predicted molar refractivity (Wildman–Crippen MR) is 147 cm³/mol. The molecule has 4 rings (SSSR count). The summed E-state index contributed by atoms with van der Waals surface area (Å²) >= 11 is 12.2. The highest BCUT2D eigenvalue weighted by molar-refractivity contribution is 6.42. The maximum atomic E-state index is 14.1. The molecule has 0 amide bonds. The zero-order valence-electron chi connectivity index (χ0n) is 21.7. The average Bonchev–Trinajstić information content (AvgIpc) is 2.94. The van der Waals surface area contributed by atoms with Gasteiger partial charge in [-0.1, -0.05) is 65.7 Å². The van der Waals surface area contributed by atoms with E-state index in [4.69, 9.17) is 27.9 Å². The molecule has 0 aliphatic carbocycles. The first kappa shape index (κ1) is 32.4. The van der Waals surface area contributed by atoms with Crippen LogP contribution in [0.1, 0.15) is 28.4 Å². The van der Waals surface area contributed by atoms with Gasteiger partial charge in [0.05, 0.1) is 16.7 Å². The lowest BCUT2D eigenvalue weighted by atomic mass is 10.0. The van der Waals surface area contributed by atoms with Crippen LogP contribution in [0.15, 0.2) is 91.0 Å². The summed E-state index contributed by atoms with van der Waals surface area (Å²) in [6, 6.07) is 18.4. The fourth-order valence-electron chi connectivity index (χ4n) is 4.15. The highest BCUT2D eigenvalue weighted by Gasteiger charge is 2.58. The van der Waals surface area contributed by atoms with Gasteiger partial charge in [0.2, 0.25) is 0 Å². The summed E-state index contributed by atoms with van der Waals surface area (Å²) in [6.07, 6.45) is -11.8. The van der Waals surface area contributed by atoms with Gasteiger partial charge in [0.25, 0.3) is 0 Å². The Morgan fingerprint density at radius 3 is 2.05 bits per heavy atom. The van der Waals surface area contributed by atoms with Crippen molar-refractivity contribution in [2.24, 2.45) is 0 Å². The van der Waals surface area contributed by atoms with Crippen LogP contribution in [-0.2, 0) is 18.6 Å². The van der Waals surface area contributed by atoms with E-state index in [2.05, 4.69) is 0 Å². The van der Waals surface area contributed by atoms with E-state index in [-0.39, 0.29) is 45.8 Å². The number of aliphatic hydroxyl groups excluding tert-OH is 1. The zero-order chi connectivity index (χ0) is 31.6. The number of nitrogens with zero attached hydrogens (tertiary/aromatic N) is 1. The van der Waals surface area contributed by atoms with E-state index in [9.17, 15) is 40.2 Å². The molecule has 0 aromatic heterocycles. The van der Waals surface area contributed by atoms with Crippen LogP contribution in [0.2, 0.25) is 10.0 Å². The number of ether oxygens (including phenoxy) is 1. The van der Waals surface area contributed by atoms with E-state index in [1.807, 2.05) is 0 Å². The molecule has 1 unspecified atom stereocenters. The van der Waals surface area contributed by atoms with Gasteiger partial charge in [-0.15, -0.1) is 0 Å². The summed E-state index contributed by atoms with van der Waals surface area (Å²) in [5, 5.41) is 11.3. The van der Waals surface area contributed by atoms with Gasteiger partial charge in [0, 0.05) is 30.4 Å². The lowest BCUT2D eigenvalue weighted by Crippen LogP contribution is -2.34. The van der Waals surface area contributed by atoms with Crippen molar-refractivity contribution in [3.05, 3.63) is 123 Å². The van der Waals surface area contributed by atoms with Gasteiger partial charge in [-0.05, 0) is 53.6 Å². The number of benzene rings is 4. The van der Waals surface area contributed by atoms with Crippen LogP contribution in [0.5, 0.6) is 11.5 Å². The molecule has 0 saturated carbocycles. The Hall–Kier alpha value is -3.54. The molecule has 1 atom stereocenters. The van der Waals surface area contributed by atoms with Gasteiger partial charge in [0.1, 0.15) is 16.5 Å². The lowest BCUT2D eigenvalue weighted by molar-refractivity contribution is -0.289. The zero-order valence-corrected chi connectivity index (χ0v) is 23.2. The number of halogens is 10. The third-order valence-corrected chi connectivity index (χ3v) is 7.16. The van der Waals surface area contributed by atoms with E-state index < -0.39 is 35.5 Å². The fourth-order valence-corrected chi connectivity index (χ4v) is 4.48. The Labute approximate surface area is 250 Å². The summed E-state index contributed by atoms with van der Waals surface area (Å²) < 4.78 is 112. The van der Waals surface area contributed by atoms with Crippen LogP contribution >= 0.6 is 23.2 Å². The molecule has 0 aliphatic heterocycles. The Balaban J connectivity index is 1.68. The van der Waals surface area contributed by atoms with E-state index in [1.54, 1.807) is 36.4 Å². The largest absolute Gasteiger partial charge is 0.458 e. The molecular formula is C30H21Cl2F8NO2. The number of alkyl halides is 8. The average molecular weight is 650 g/mol. The van der Waals surface area contributed by atoms with Crippen molar-refractivity contribution in [1.82, 2.24) is 0 Å². The molecular weight excluding hydrogens is 629 g/mol. The third kappa shape index (κ3) is 7.70. The van der Waals surface area contributed by atoms with Gasteiger partial charge in [-0.25, -0.2) is 0 Å². The Morgan fingerprint density at radius 1 is 0.744 bits per heavy atom. The topological polar surface area (TPSA) is 32.7 Å². The molecule has 13 heteroatoms. The van der Waals surface area contributed by atoms with Crippen molar-refractivity contribution < 1.29 is 45.0 Å². The summed E-state index contributed by atoms with van der Waals surface area (Å²) in [4.78, 5) is 1.46. The number of hydrogen-bond donors (Lipinski definition) is 1. The molecule has 4 aromatic rings. The summed E-state index contributed by atoms with van der Waals surface area (Å²) in [5.74, 6) is -4.66. The molecule has 228 valence electrons. The summed E-state index contributed by atoms with van der Waals surface area (Å²) in [5.41, 5.74) is -1.69. The van der Waals surface area contributed by atoms with E-state index in [0.29, 0.717) is 17.8 Å². The van der Waals surface area contributed by atoms with Crippen molar-refractivity contribution in [3.8, 4) is 11.5 Å². The normalized spacial score (nSPS) is 13.1. The lowest BCUT2D eigenvalue weighted by Gasteiger charge is -2.29. The maximum absolute atomic E-state index is 14.1. The second kappa shape index (κ2) is 12.6. The number of rotatable bonds is 9. The number of aliphatic hydroxyl groups is 1. The van der Waals surface area contributed by atoms with Crippen LogP contribution < -0.4 is 9.64 Å². The van der Waals surface area contributed by atoms with Gasteiger partial charge < -0.3 is 14.7 Å². The van der Waals surface area contributed by atoms with Crippen molar-refractivity contribution in [1.29, 1.82) is 0 Å². The molecule has 0 saturated heterocycles. The van der Waals surface area contributed by atoms with Crippen LogP contribution in [0.4, 0.5) is 40.8 Å². The number of anilines is 1. The van der Waals surface area contributed by atoms with Gasteiger partial charge in [-0.2, -0.15) is 35.1 Å². The molecule has 3 nitrogen and oxygen atoms in total. The second-order valence-electron chi connectivity index (χ2n) is 9.44. The van der Waals surface area contributed by atoms with Crippen molar-refractivity contribution >= 4 is 28.9 Å². The predicted octanol–water partition coefficient (Wildman–Crippen LogP) is 10.2. The van der Waals surface area contributed by atoms with Crippen LogP contribution in [0.3, 0.4) is 0 Å². The summed E-state index contributed by atoms with van der Waals surface area (Å²) in [6.45, 7) is -0.548. The Morgan fingerprint density at radius 2 is 1.40 bits per heavy atom. The van der Waals surface area contributed by atoms with Gasteiger partial charge in [0.15, 0.2) is 0 Å². The molecule has 0 spiro atoms. The molecule has 0 radical (unpaired) electrons. The van der Waals surface area contributed by atoms with Crippen molar-refractivity contribution in [2.45, 2.75) is 30.9 Å². The first-order valence-corrected chi connectivity index (χ1v) is 13.2. The molecule has 0 fully saturated rings.